The Morgan fingerprint density at radius 1 is 0.283 bits per heavy atom. The predicted molar refractivity (Wildman–Crippen MR) is 223 cm³/mol. The van der Waals surface area contributed by atoms with E-state index >= 15 is 0 Å². The summed E-state index contributed by atoms with van der Waals surface area (Å²) in [6.07, 6.45) is 0. The SMILES string of the molecule is c1ccc2c(c1)-c1cccc3c(-c4ccc5c6c(c7ccccc7c5c4)-c4c(ccc5ccccc45)C64c5ccccc5-c5ccccc54)ccc-2c13. The van der Waals surface area contributed by atoms with Crippen molar-refractivity contribution in [1.29, 1.82) is 0 Å². The summed E-state index contributed by atoms with van der Waals surface area (Å²) >= 11 is 0. The van der Waals surface area contributed by atoms with E-state index in [1.165, 1.54) is 121 Å². The van der Waals surface area contributed by atoms with Crippen LogP contribution >= 0.6 is 0 Å². The topological polar surface area (TPSA) is 0 Å². The lowest BCUT2D eigenvalue weighted by molar-refractivity contribution is 0.802. The fourth-order valence-electron chi connectivity index (χ4n) is 10.8. The molecule has 10 aromatic rings. The molecule has 0 heteroatoms. The third-order valence-electron chi connectivity index (χ3n) is 12.8. The van der Waals surface area contributed by atoms with E-state index in [4.69, 9.17) is 0 Å². The van der Waals surface area contributed by atoms with Crippen LogP contribution in [0.25, 0.3) is 98.7 Å². The van der Waals surface area contributed by atoms with Crippen LogP contribution in [0.1, 0.15) is 22.3 Å². The summed E-state index contributed by atoms with van der Waals surface area (Å²) in [7, 11) is 0. The minimum Gasteiger partial charge on any atom is -0.0619 e. The van der Waals surface area contributed by atoms with Crippen molar-refractivity contribution in [2.75, 3.05) is 0 Å². The maximum absolute atomic E-state index is 2.49. The molecule has 0 unspecified atom stereocenters. The van der Waals surface area contributed by atoms with E-state index < -0.39 is 5.41 Å². The van der Waals surface area contributed by atoms with E-state index in [1.54, 1.807) is 0 Å². The van der Waals surface area contributed by atoms with Gasteiger partial charge >= 0.3 is 0 Å². The third kappa shape index (κ3) is 3.25. The second-order valence-corrected chi connectivity index (χ2v) is 15.0. The second-order valence-electron chi connectivity index (χ2n) is 15.0. The summed E-state index contributed by atoms with van der Waals surface area (Å²) in [4.78, 5) is 0. The maximum atomic E-state index is 2.49. The summed E-state index contributed by atoms with van der Waals surface area (Å²) < 4.78 is 0. The number of fused-ring (bicyclic) bond motifs is 20. The van der Waals surface area contributed by atoms with Crippen LogP contribution in [0.3, 0.4) is 0 Å². The first-order chi connectivity index (χ1) is 26.3. The van der Waals surface area contributed by atoms with E-state index in [0.717, 1.165) is 0 Å². The summed E-state index contributed by atoms with van der Waals surface area (Å²) in [5.41, 5.74) is 18.4. The van der Waals surface area contributed by atoms with Crippen LogP contribution in [0, 0.1) is 0 Å². The van der Waals surface area contributed by atoms with Crippen molar-refractivity contribution < 1.29 is 0 Å². The summed E-state index contributed by atoms with van der Waals surface area (Å²) in [5, 5.41) is 10.5. The van der Waals surface area contributed by atoms with Crippen molar-refractivity contribution in [3.05, 3.63) is 204 Å². The molecule has 0 N–H and O–H groups in total. The minimum atomic E-state index is -0.445. The third-order valence-corrected chi connectivity index (χ3v) is 12.8. The zero-order valence-corrected chi connectivity index (χ0v) is 28.8. The second kappa shape index (κ2) is 9.76. The van der Waals surface area contributed by atoms with Gasteiger partial charge in [-0.3, -0.25) is 0 Å². The van der Waals surface area contributed by atoms with Crippen molar-refractivity contribution in [1.82, 2.24) is 0 Å². The maximum Gasteiger partial charge on any atom is 0.0732 e. The molecule has 0 fully saturated rings. The van der Waals surface area contributed by atoms with Crippen LogP contribution in [-0.4, -0.2) is 0 Å². The van der Waals surface area contributed by atoms with Gasteiger partial charge in [-0.15, -0.1) is 0 Å². The van der Waals surface area contributed by atoms with Gasteiger partial charge in [-0.2, -0.15) is 0 Å². The zero-order chi connectivity index (χ0) is 34.4. The van der Waals surface area contributed by atoms with Crippen LogP contribution in [-0.2, 0) is 5.41 Å². The van der Waals surface area contributed by atoms with Crippen LogP contribution in [0.2, 0.25) is 0 Å². The normalized spacial score (nSPS) is 13.8. The molecule has 0 nitrogen and oxygen atoms in total. The van der Waals surface area contributed by atoms with E-state index in [1.807, 2.05) is 0 Å². The first kappa shape index (κ1) is 27.9. The number of rotatable bonds is 1. The van der Waals surface area contributed by atoms with Crippen molar-refractivity contribution in [2.45, 2.75) is 5.41 Å². The van der Waals surface area contributed by atoms with Gasteiger partial charge in [-0.05, 0) is 127 Å². The molecule has 53 heavy (non-hydrogen) atoms. The van der Waals surface area contributed by atoms with Crippen molar-refractivity contribution in [2.24, 2.45) is 0 Å². The summed E-state index contributed by atoms with van der Waals surface area (Å²) in [6, 6.07) is 69.0. The molecule has 242 valence electrons. The molecule has 10 aromatic carbocycles. The quantitative estimate of drug-likeness (QED) is 0.153. The Morgan fingerprint density at radius 3 is 1.64 bits per heavy atom. The highest BCUT2D eigenvalue weighted by atomic mass is 14.5. The van der Waals surface area contributed by atoms with Gasteiger partial charge in [-0.1, -0.05) is 176 Å². The van der Waals surface area contributed by atoms with Gasteiger partial charge in [0, 0.05) is 0 Å². The van der Waals surface area contributed by atoms with E-state index in [0.29, 0.717) is 0 Å². The molecule has 3 aliphatic rings. The Morgan fingerprint density at radius 2 is 0.868 bits per heavy atom. The Bertz CT molecular complexity index is 3210. The van der Waals surface area contributed by atoms with Gasteiger partial charge in [0.2, 0.25) is 0 Å². The van der Waals surface area contributed by atoms with E-state index in [2.05, 4.69) is 182 Å². The Kier molecular flexibility index (Phi) is 5.14. The summed E-state index contributed by atoms with van der Waals surface area (Å²) in [6.45, 7) is 0. The van der Waals surface area contributed by atoms with Gasteiger partial charge in [0.1, 0.15) is 0 Å². The van der Waals surface area contributed by atoms with Gasteiger partial charge < -0.3 is 0 Å². The number of benzene rings is 10. The lowest BCUT2D eigenvalue weighted by Crippen LogP contribution is -2.26. The molecule has 0 saturated carbocycles. The first-order valence-corrected chi connectivity index (χ1v) is 18.7. The average molecular weight is 667 g/mol. The van der Waals surface area contributed by atoms with Crippen LogP contribution in [0.5, 0.6) is 0 Å². The average Bonchev–Trinajstić information content (AvgIpc) is 3.84. The Labute approximate surface area is 307 Å². The lowest BCUT2D eigenvalue weighted by Gasteiger charge is -2.32. The molecule has 0 saturated heterocycles. The molecule has 0 radical (unpaired) electrons. The first-order valence-electron chi connectivity index (χ1n) is 18.7. The Hall–Kier alpha value is -6.76. The molecular weight excluding hydrogens is 637 g/mol. The highest BCUT2D eigenvalue weighted by Gasteiger charge is 2.53. The minimum absolute atomic E-state index is 0.445. The zero-order valence-electron chi connectivity index (χ0n) is 28.8. The molecular formula is C53H30. The van der Waals surface area contributed by atoms with Gasteiger partial charge in [-0.25, -0.2) is 0 Å². The molecule has 0 bridgehead atoms. The highest BCUT2D eigenvalue weighted by Crippen LogP contribution is 2.66. The standard InChI is InChI=1S/C53H30/c1-2-13-34-31(12-1)25-29-48-50(34)51-42-19-6-5-16-37(42)45-30-32(33-27-28-43-36-15-4-3-14-35(36)41-21-11-20-40(33)49(41)43)24-26-44(45)52(51)53(48)46-22-9-7-17-38(46)39-18-8-10-23-47(39)53/h1-30H. The highest BCUT2D eigenvalue weighted by molar-refractivity contribution is 6.24. The van der Waals surface area contributed by atoms with Crippen molar-refractivity contribution >= 4 is 43.1 Å². The number of hydrogen-bond acceptors (Lipinski definition) is 0. The fourth-order valence-corrected chi connectivity index (χ4v) is 10.8. The monoisotopic (exact) mass is 666 g/mol. The van der Waals surface area contributed by atoms with Crippen LogP contribution in [0.4, 0.5) is 0 Å². The fraction of sp³-hybridized carbons (Fsp3) is 0.0189. The molecule has 3 aliphatic carbocycles. The van der Waals surface area contributed by atoms with Gasteiger partial charge in [0.15, 0.2) is 0 Å². The molecule has 0 atom stereocenters. The lowest BCUT2D eigenvalue weighted by atomic mass is 9.69. The largest absolute Gasteiger partial charge is 0.0732 e. The van der Waals surface area contributed by atoms with Crippen molar-refractivity contribution in [3.8, 4) is 55.6 Å². The Balaban J connectivity index is 1.19. The molecule has 13 rings (SSSR count). The molecule has 0 aliphatic heterocycles. The molecule has 0 aromatic heterocycles. The van der Waals surface area contributed by atoms with Crippen molar-refractivity contribution in [3.63, 3.8) is 0 Å². The smallest absolute Gasteiger partial charge is 0.0619 e. The molecule has 0 heterocycles. The molecule has 1 spiro atoms. The van der Waals surface area contributed by atoms with Crippen LogP contribution < -0.4 is 0 Å². The van der Waals surface area contributed by atoms with Gasteiger partial charge in [0.05, 0.1) is 5.41 Å². The molecule has 0 amide bonds. The van der Waals surface area contributed by atoms with Gasteiger partial charge in [0.25, 0.3) is 0 Å². The number of hydrogen-bond donors (Lipinski definition) is 0. The van der Waals surface area contributed by atoms with E-state index in [-0.39, 0.29) is 0 Å². The predicted octanol–water partition coefficient (Wildman–Crippen LogP) is 14.0. The van der Waals surface area contributed by atoms with Crippen LogP contribution in [0.15, 0.2) is 182 Å². The van der Waals surface area contributed by atoms with E-state index in [9.17, 15) is 0 Å². The summed E-state index contributed by atoms with van der Waals surface area (Å²) in [5.74, 6) is 0.